The van der Waals surface area contributed by atoms with E-state index in [1.165, 1.54) is 4.90 Å². The number of rotatable bonds is 2. The van der Waals surface area contributed by atoms with E-state index in [1.807, 2.05) is 30.3 Å². The molecule has 5 nitrogen and oxygen atoms in total. The Labute approximate surface area is 124 Å². The topological polar surface area (TPSA) is 66.8 Å². The fraction of sp³-hybridized carbons (Fsp3) is 0.500. The molecule has 5 heteroatoms. The Hall–Kier alpha value is -2.04. The van der Waals surface area contributed by atoms with Gasteiger partial charge in [-0.25, -0.2) is 9.59 Å². The van der Waals surface area contributed by atoms with Crippen molar-refractivity contribution in [2.45, 2.75) is 51.3 Å². The van der Waals surface area contributed by atoms with Crippen molar-refractivity contribution in [3.63, 3.8) is 0 Å². The first-order valence-corrected chi connectivity index (χ1v) is 7.08. The summed E-state index contributed by atoms with van der Waals surface area (Å²) in [7, 11) is 0. The maximum absolute atomic E-state index is 12.4. The van der Waals surface area contributed by atoms with Crippen LogP contribution in [0.15, 0.2) is 30.3 Å². The molecule has 2 atom stereocenters. The molecule has 1 heterocycles. The number of carbonyl (C=O) groups is 2. The van der Waals surface area contributed by atoms with E-state index in [0.29, 0.717) is 12.8 Å². The number of nitrogens with zero attached hydrogens (tertiary/aromatic N) is 1. The van der Waals surface area contributed by atoms with Crippen molar-refractivity contribution in [2.24, 2.45) is 0 Å². The third-order valence-electron chi connectivity index (χ3n) is 3.46. The molecule has 1 aromatic rings. The van der Waals surface area contributed by atoms with Crippen molar-refractivity contribution < 1.29 is 19.4 Å². The standard InChI is InChI=1S/C16H21NO4/c1-16(2,3)21-15(20)17-12(9-10-13(17)14(18)19)11-7-5-4-6-8-11/h4-8,12-13H,9-10H2,1-3H3,(H,18,19)/t12-,13-/m0/s1. The van der Waals surface area contributed by atoms with Crippen LogP contribution in [0.1, 0.15) is 45.2 Å². The minimum absolute atomic E-state index is 0.248. The van der Waals surface area contributed by atoms with Crippen LogP contribution in [0, 0.1) is 0 Å². The maximum atomic E-state index is 12.4. The van der Waals surface area contributed by atoms with Gasteiger partial charge in [0.1, 0.15) is 11.6 Å². The number of aliphatic carboxylic acids is 1. The second-order valence-electron chi connectivity index (χ2n) is 6.25. The van der Waals surface area contributed by atoms with Crippen LogP contribution in [0.25, 0.3) is 0 Å². The van der Waals surface area contributed by atoms with Crippen LogP contribution < -0.4 is 0 Å². The van der Waals surface area contributed by atoms with Gasteiger partial charge >= 0.3 is 12.1 Å². The summed E-state index contributed by atoms with van der Waals surface area (Å²) in [5, 5.41) is 9.35. The van der Waals surface area contributed by atoms with E-state index in [9.17, 15) is 14.7 Å². The summed E-state index contributed by atoms with van der Waals surface area (Å²) in [4.78, 5) is 25.2. The SMILES string of the molecule is CC(C)(C)OC(=O)N1[C@H](C(=O)O)CC[C@H]1c1ccccc1. The van der Waals surface area contributed by atoms with Crippen LogP contribution in [0.2, 0.25) is 0 Å². The second-order valence-corrected chi connectivity index (χ2v) is 6.25. The summed E-state index contributed by atoms with van der Waals surface area (Å²) in [6.45, 7) is 5.32. The van der Waals surface area contributed by atoms with Gasteiger partial charge in [0.25, 0.3) is 0 Å². The lowest BCUT2D eigenvalue weighted by Crippen LogP contribution is -2.44. The van der Waals surface area contributed by atoms with Crippen molar-refractivity contribution in [1.29, 1.82) is 0 Å². The number of carboxylic acids is 1. The Bertz CT molecular complexity index is 521. The summed E-state index contributed by atoms with van der Waals surface area (Å²) < 4.78 is 5.38. The van der Waals surface area contributed by atoms with Crippen molar-refractivity contribution in [2.75, 3.05) is 0 Å². The molecule has 21 heavy (non-hydrogen) atoms. The fourth-order valence-electron chi connectivity index (χ4n) is 2.63. The van der Waals surface area contributed by atoms with E-state index < -0.39 is 23.7 Å². The number of hydrogen-bond donors (Lipinski definition) is 1. The van der Waals surface area contributed by atoms with Gasteiger partial charge in [-0.15, -0.1) is 0 Å². The van der Waals surface area contributed by atoms with E-state index >= 15 is 0 Å². The molecule has 0 saturated carbocycles. The number of likely N-dealkylation sites (tertiary alicyclic amines) is 1. The highest BCUT2D eigenvalue weighted by Crippen LogP contribution is 2.37. The van der Waals surface area contributed by atoms with Gasteiger partial charge in [0.15, 0.2) is 0 Å². The molecule has 0 spiro atoms. The third kappa shape index (κ3) is 3.54. The Morgan fingerprint density at radius 1 is 1.19 bits per heavy atom. The number of benzene rings is 1. The predicted octanol–water partition coefficient (Wildman–Crippen LogP) is 3.21. The monoisotopic (exact) mass is 291 g/mol. The zero-order valence-electron chi connectivity index (χ0n) is 12.6. The molecule has 0 bridgehead atoms. The molecule has 1 aliphatic rings. The second kappa shape index (κ2) is 5.76. The van der Waals surface area contributed by atoms with Gasteiger partial charge in [0.2, 0.25) is 0 Å². The number of ether oxygens (including phenoxy) is 1. The lowest BCUT2D eigenvalue weighted by atomic mass is 10.1. The van der Waals surface area contributed by atoms with Gasteiger partial charge in [-0.3, -0.25) is 4.90 Å². The quantitative estimate of drug-likeness (QED) is 0.908. The summed E-state index contributed by atoms with van der Waals surface area (Å²) in [6.07, 6.45) is 0.496. The molecule has 0 aromatic heterocycles. The molecule has 2 rings (SSSR count). The molecule has 1 aliphatic heterocycles. The smallest absolute Gasteiger partial charge is 0.411 e. The van der Waals surface area contributed by atoms with Crippen LogP contribution in [0.3, 0.4) is 0 Å². The van der Waals surface area contributed by atoms with Crippen molar-refractivity contribution in [3.8, 4) is 0 Å². The highest BCUT2D eigenvalue weighted by molar-refractivity contribution is 5.81. The Morgan fingerprint density at radius 3 is 2.33 bits per heavy atom. The minimum Gasteiger partial charge on any atom is -0.480 e. The first-order chi connectivity index (χ1) is 9.79. The molecule has 114 valence electrons. The average molecular weight is 291 g/mol. The molecule has 0 radical (unpaired) electrons. The minimum atomic E-state index is -0.987. The third-order valence-corrected chi connectivity index (χ3v) is 3.46. The number of carboxylic acid groups (broad SMARTS) is 1. The number of amides is 1. The largest absolute Gasteiger partial charge is 0.480 e. The lowest BCUT2D eigenvalue weighted by molar-refractivity contribution is -0.142. The van der Waals surface area contributed by atoms with Gasteiger partial charge in [0.05, 0.1) is 6.04 Å². The van der Waals surface area contributed by atoms with Crippen LogP contribution in [0.5, 0.6) is 0 Å². The highest BCUT2D eigenvalue weighted by atomic mass is 16.6. The van der Waals surface area contributed by atoms with Gasteiger partial charge in [-0.05, 0) is 39.2 Å². The van der Waals surface area contributed by atoms with Gasteiger partial charge in [-0.1, -0.05) is 30.3 Å². The Kier molecular flexibility index (Phi) is 4.21. The highest BCUT2D eigenvalue weighted by Gasteiger charge is 2.43. The van der Waals surface area contributed by atoms with Crippen LogP contribution >= 0.6 is 0 Å². The maximum Gasteiger partial charge on any atom is 0.411 e. The zero-order chi connectivity index (χ0) is 15.6. The summed E-state index contributed by atoms with van der Waals surface area (Å²) >= 11 is 0. The Morgan fingerprint density at radius 2 is 1.81 bits per heavy atom. The van der Waals surface area contributed by atoms with E-state index in [4.69, 9.17) is 4.74 Å². The molecule has 0 unspecified atom stereocenters. The number of carbonyl (C=O) groups excluding carboxylic acids is 1. The summed E-state index contributed by atoms with van der Waals surface area (Å²) in [5.74, 6) is -0.987. The first-order valence-electron chi connectivity index (χ1n) is 7.08. The molecule has 1 N–H and O–H groups in total. The summed E-state index contributed by atoms with van der Waals surface area (Å²) in [5.41, 5.74) is 0.288. The molecular weight excluding hydrogens is 270 g/mol. The lowest BCUT2D eigenvalue weighted by Gasteiger charge is -2.31. The van der Waals surface area contributed by atoms with E-state index in [0.717, 1.165) is 5.56 Å². The predicted molar refractivity (Wildman–Crippen MR) is 77.9 cm³/mol. The molecule has 0 aliphatic carbocycles. The number of hydrogen-bond acceptors (Lipinski definition) is 3. The van der Waals surface area contributed by atoms with E-state index in [1.54, 1.807) is 20.8 Å². The zero-order valence-corrected chi connectivity index (χ0v) is 12.6. The molecular formula is C16H21NO4. The van der Waals surface area contributed by atoms with Gasteiger partial charge in [-0.2, -0.15) is 0 Å². The first kappa shape index (κ1) is 15.4. The summed E-state index contributed by atoms with van der Waals surface area (Å²) in [6, 6.07) is 8.41. The van der Waals surface area contributed by atoms with Crippen LogP contribution in [-0.2, 0) is 9.53 Å². The molecule has 1 fully saturated rings. The fourth-order valence-corrected chi connectivity index (χ4v) is 2.63. The molecule has 1 aromatic carbocycles. The van der Waals surface area contributed by atoms with E-state index in [-0.39, 0.29) is 6.04 Å². The van der Waals surface area contributed by atoms with Gasteiger partial charge < -0.3 is 9.84 Å². The molecule has 1 saturated heterocycles. The average Bonchev–Trinajstić information content (AvgIpc) is 2.82. The van der Waals surface area contributed by atoms with Crippen LogP contribution in [0.4, 0.5) is 4.79 Å². The van der Waals surface area contributed by atoms with Crippen molar-refractivity contribution in [3.05, 3.63) is 35.9 Å². The molecule has 1 amide bonds. The van der Waals surface area contributed by atoms with Gasteiger partial charge in [0, 0.05) is 0 Å². The van der Waals surface area contributed by atoms with Crippen molar-refractivity contribution in [1.82, 2.24) is 4.90 Å². The van der Waals surface area contributed by atoms with Crippen molar-refractivity contribution >= 4 is 12.1 Å². The van der Waals surface area contributed by atoms with E-state index in [2.05, 4.69) is 0 Å². The normalized spacial score (nSPS) is 22.1. The van der Waals surface area contributed by atoms with Crippen LogP contribution in [-0.4, -0.2) is 33.7 Å². The Balaban J connectivity index is 2.29.